The molecule has 0 aliphatic heterocycles. The van der Waals surface area contributed by atoms with E-state index in [4.69, 9.17) is 5.11 Å². The highest BCUT2D eigenvalue weighted by atomic mass is 79.9. The lowest BCUT2D eigenvalue weighted by molar-refractivity contribution is 0.0696. The molecule has 0 fully saturated rings. The maximum Gasteiger partial charge on any atom is 0.336 e. The fourth-order valence-corrected chi connectivity index (χ4v) is 1.95. The monoisotopic (exact) mass is 254 g/mol. The van der Waals surface area contributed by atoms with Crippen molar-refractivity contribution >= 4 is 32.8 Å². The third kappa shape index (κ3) is 1.21. The molecular formula is C9H7BrN2O2. The molecular weight excluding hydrogens is 248 g/mol. The number of H-pyrrole nitrogens is 1. The number of hydrogen-bond donors (Lipinski definition) is 2. The number of carboxylic acid groups (broad SMARTS) is 1. The number of carboxylic acids is 1. The minimum absolute atomic E-state index is 0.226. The van der Waals surface area contributed by atoms with Gasteiger partial charge in [-0.25, -0.2) is 4.79 Å². The predicted octanol–water partition coefficient (Wildman–Crippen LogP) is 2.33. The normalized spacial score (nSPS) is 10.7. The minimum Gasteiger partial charge on any atom is -0.478 e. The largest absolute Gasteiger partial charge is 0.478 e. The number of halogens is 1. The number of carbonyl (C=O) groups is 1. The van der Waals surface area contributed by atoms with Gasteiger partial charge >= 0.3 is 5.97 Å². The molecule has 0 saturated heterocycles. The maximum absolute atomic E-state index is 10.8. The van der Waals surface area contributed by atoms with E-state index in [1.807, 2.05) is 6.92 Å². The lowest BCUT2D eigenvalue weighted by Gasteiger charge is -1.98. The first-order valence-corrected chi connectivity index (χ1v) is 4.77. The summed E-state index contributed by atoms with van der Waals surface area (Å²) in [6, 6.07) is 3.32. The molecule has 2 N–H and O–H groups in total. The molecule has 0 atom stereocenters. The highest BCUT2D eigenvalue weighted by molar-refractivity contribution is 9.10. The molecule has 1 heterocycles. The first kappa shape index (κ1) is 9.21. The van der Waals surface area contributed by atoms with Crippen molar-refractivity contribution in [1.82, 2.24) is 10.2 Å². The van der Waals surface area contributed by atoms with E-state index in [1.165, 1.54) is 0 Å². The Hall–Kier alpha value is -1.36. The van der Waals surface area contributed by atoms with Crippen LogP contribution >= 0.6 is 15.9 Å². The van der Waals surface area contributed by atoms with E-state index >= 15 is 0 Å². The smallest absolute Gasteiger partial charge is 0.336 e. The van der Waals surface area contributed by atoms with Crippen LogP contribution in [0.5, 0.6) is 0 Å². The molecule has 14 heavy (non-hydrogen) atoms. The van der Waals surface area contributed by atoms with E-state index in [1.54, 1.807) is 12.1 Å². The molecule has 0 amide bonds. The lowest BCUT2D eigenvalue weighted by atomic mass is 10.1. The Morgan fingerprint density at radius 1 is 1.57 bits per heavy atom. The van der Waals surface area contributed by atoms with E-state index in [0.29, 0.717) is 9.99 Å². The maximum atomic E-state index is 10.8. The molecule has 2 aromatic rings. The molecule has 5 heteroatoms. The first-order chi connectivity index (χ1) is 6.61. The zero-order chi connectivity index (χ0) is 10.3. The summed E-state index contributed by atoms with van der Waals surface area (Å²) >= 11 is 3.23. The van der Waals surface area contributed by atoms with E-state index in [9.17, 15) is 4.79 Å². The molecule has 1 aromatic heterocycles. The van der Waals surface area contributed by atoms with Gasteiger partial charge in [-0.3, -0.25) is 5.10 Å². The summed E-state index contributed by atoms with van der Waals surface area (Å²) in [5, 5.41) is 16.6. The minimum atomic E-state index is -0.959. The number of aryl methyl sites for hydroxylation is 1. The summed E-state index contributed by atoms with van der Waals surface area (Å²) in [4.78, 5) is 10.8. The Morgan fingerprint density at radius 2 is 2.29 bits per heavy atom. The average Bonchev–Trinajstić information content (AvgIpc) is 2.49. The Balaban J connectivity index is 2.82. The summed E-state index contributed by atoms with van der Waals surface area (Å²) in [6.07, 6.45) is 0. The molecule has 0 radical (unpaired) electrons. The number of rotatable bonds is 1. The number of nitrogens with zero attached hydrogens (tertiary/aromatic N) is 1. The van der Waals surface area contributed by atoms with Crippen LogP contribution in [0.2, 0.25) is 0 Å². The van der Waals surface area contributed by atoms with Crippen LogP contribution in [0.1, 0.15) is 16.1 Å². The number of nitrogens with one attached hydrogen (secondary N) is 1. The van der Waals surface area contributed by atoms with Crippen molar-refractivity contribution in [2.24, 2.45) is 0 Å². The van der Waals surface area contributed by atoms with Crippen LogP contribution in [-0.2, 0) is 0 Å². The second-order valence-corrected chi connectivity index (χ2v) is 3.77. The van der Waals surface area contributed by atoms with Crippen LogP contribution in [-0.4, -0.2) is 21.3 Å². The summed E-state index contributed by atoms with van der Waals surface area (Å²) in [6.45, 7) is 1.89. The molecule has 0 spiro atoms. The molecule has 0 unspecified atom stereocenters. The number of hydrogen-bond acceptors (Lipinski definition) is 2. The van der Waals surface area contributed by atoms with Crippen molar-refractivity contribution < 1.29 is 9.90 Å². The summed E-state index contributed by atoms with van der Waals surface area (Å²) in [5.74, 6) is -0.959. The molecule has 4 nitrogen and oxygen atoms in total. The Bertz CT molecular complexity index is 519. The van der Waals surface area contributed by atoms with Gasteiger partial charge in [0.1, 0.15) is 5.52 Å². The van der Waals surface area contributed by atoms with Gasteiger partial charge < -0.3 is 5.11 Å². The molecule has 72 valence electrons. The van der Waals surface area contributed by atoms with Crippen LogP contribution in [0.4, 0.5) is 0 Å². The lowest BCUT2D eigenvalue weighted by Crippen LogP contribution is -1.97. The molecule has 0 saturated carbocycles. The topological polar surface area (TPSA) is 66.0 Å². The second-order valence-electron chi connectivity index (χ2n) is 2.98. The van der Waals surface area contributed by atoms with Gasteiger partial charge in [0.05, 0.1) is 10.0 Å². The zero-order valence-electron chi connectivity index (χ0n) is 7.34. The zero-order valence-corrected chi connectivity index (χ0v) is 8.92. The highest BCUT2D eigenvalue weighted by Gasteiger charge is 2.13. The van der Waals surface area contributed by atoms with Crippen molar-refractivity contribution in [1.29, 1.82) is 0 Å². The van der Waals surface area contributed by atoms with Crippen molar-refractivity contribution in [3.05, 3.63) is 27.9 Å². The van der Waals surface area contributed by atoms with Gasteiger partial charge in [-0.1, -0.05) is 0 Å². The Labute approximate surface area is 88.1 Å². The van der Waals surface area contributed by atoms with Crippen LogP contribution < -0.4 is 0 Å². The van der Waals surface area contributed by atoms with Crippen molar-refractivity contribution in [3.8, 4) is 0 Å². The van der Waals surface area contributed by atoms with E-state index in [-0.39, 0.29) is 5.56 Å². The van der Waals surface area contributed by atoms with Crippen molar-refractivity contribution in [3.63, 3.8) is 0 Å². The standard InChI is InChI=1S/C9H7BrN2O2/c1-4-5-2-3-6(9(13)14)7(10)8(5)12-11-4/h2-3H,1H3,(H,11,12)(H,13,14). The number of benzene rings is 1. The van der Waals surface area contributed by atoms with Crippen LogP contribution in [0.15, 0.2) is 16.6 Å². The summed E-state index contributed by atoms with van der Waals surface area (Å²) in [7, 11) is 0. The molecule has 2 rings (SSSR count). The first-order valence-electron chi connectivity index (χ1n) is 3.97. The quantitative estimate of drug-likeness (QED) is 0.821. The van der Waals surface area contributed by atoms with Gasteiger partial charge in [0, 0.05) is 11.1 Å². The van der Waals surface area contributed by atoms with Crippen molar-refractivity contribution in [2.45, 2.75) is 6.92 Å². The number of aromatic amines is 1. The Kier molecular flexibility index (Phi) is 2.03. The molecule has 0 aliphatic rings. The van der Waals surface area contributed by atoms with Crippen molar-refractivity contribution in [2.75, 3.05) is 0 Å². The molecule has 0 aliphatic carbocycles. The number of fused-ring (bicyclic) bond motifs is 1. The molecule has 1 aromatic carbocycles. The average molecular weight is 255 g/mol. The van der Waals surface area contributed by atoms with Crippen LogP contribution in [0, 0.1) is 6.92 Å². The second kappa shape index (κ2) is 3.09. The number of aromatic carboxylic acids is 1. The molecule has 0 bridgehead atoms. The highest BCUT2D eigenvalue weighted by Crippen LogP contribution is 2.27. The van der Waals surface area contributed by atoms with Gasteiger partial charge in [-0.2, -0.15) is 5.10 Å². The summed E-state index contributed by atoms with van der Waals surface area (Å²) in [5.41, 5.74) is 1.81. The summed E-state index contributed by atoms with van der Waals surface area (Å²) < 4.78 is 0.520. The van der Waals surface area contributed by atoms with Gasteiger partial charge in [0.15, 0.2) is 0 Å². The third-order valence-corrected chi connectivity index (χ3v) is 2.89. The van der Waals surface area contributed by atoms with Gasteiger partial charge in [0.2, 0.25) is 0 Å². The van der Waals surface area contributed by atoms with Gasteiger partial charge in [0.25, 0.3) is 0 Å². The predicted molar refractivity (Wildman–Crippen MR) is 55.5 cm³/mol. The van der Waals surface area contributed by atoms with Gasteiger partial charge in [-0.05, 0) is 35.0 Å². The van der Waals surface area contributed by atoms with E-state index < -0.39 is 5.97 Å². The third-order valence-electron chi connectivity index (χ3n) is 2.09. The fourth-order valence-electron chi connectivity index (χ4n) is 1.34. The number of aromatic nitrogens is 2. The van der Waals surface area contributed by atoms with E-state index in [0.717, 1.165) is 11.1 Å². The SMILES string of the molecule is Cc1[nH]nc2c(Br)c(C(=O)O)ccc12. The van der Waals surface area contributed by atoms with Gasteiger partial charge in [-0.15, -0.1) is 0 Å². The Morgan fingerprint density at radius 3 is 2.93 bits per heavy atom. The van der Waals surface area contributed by atoms with Crippen LogP contribution in [0.25, 0.3) is 10.9 Å². The van der Waals surface area contributed by atoms with E-state index in [2.05, 4.69) is 26.1 Å². The van der Waals surface area contributed by atoms with Crippen LogP contribution in [0.3, 0.4) is 0 Å². The fraction of sp³-hybridized carbons (Fsp3) is 0.111.